The summed E-state index contributed by atoms with van der Waals surface area (Å²) in [6, 6.07) is 3.28. The predicted molar refractivity (Wildman–Crippen MR) is 102 cm³/mol. The van der Waals surface area contributed by atoms with Crippen LogP contribution in [-0.2, 0) is 0 Å². The fourth-order valence-electron chi connectivity index (χ4n) is 5.22. The molecule has 0 aromatic heterocycles. The Morgan fingerprint density at radius 2 is 1.58 bits per heavy atom. The number of hydrogen-bond donors (Lipinski definition) is 0. The lowest BCUT2D eigenvalue weighted by atomic mass is 9.68. The fourth-order valence-corrected chi connectivity index (χ4v) is 5.22. The molecule has 2 aliphatic rings. The van der Waals surface area contributed by atoms with Crippen LogP contribution in [0.4, 0.5) is 8.78 Å². The summed E-state index contributed by atoms with van der Waals surface area (Å²) in [5, 5.41) is 0. The van der Waals surface area contributed by atoms with Crippen LogP contribution in [0.25, 0.3) is 0 Å². The number of methoxy groups -OCH3 is 1. The van der Waals surface area contributed by atoms with Crippen molar-refractivity contribution < 1.29 is 13.5 Å². The Kier molecular flexibility index (Phi) is 6.72. The van der Waals surface area contributed by atoms with E-state index >= 15 is 0 Å². The summed E-state index contributed by atoms with van der Waals surface area (Å²) in [4.78, 5) is 0. The molecule has 0 spiro atoms. The summed E-state index contributed by atoms with van der Waals surface area (Å²) < 4.78 is 33.2. The molecule has 2 aliphatic carbocycles. The Morgan fingerprint density at radius 1 is 0.962 bits per heavy atom. The number of benzene rings is 1. The molecular weight excluding hydrogens is 330 g/mol. The monoisotopic (exact) mass is 362 g/mol. The molecule has 0 amide bonds. The largest absolute Gasteiger partial charge is 0.494 e. The van der Waals surface area contributed by atoms with Crippen LogP contribution in [0.1, 0.15) is 75.7 Å². The quantitative estimate of drug-likeness (QED) is 0.494. The molecule has 1 nitrogen and oxygen atoms in total. The third kappa shape index (κ3) is 4.29. The third-order valence-corrected chi connectivity index (χ3v) is 6.85. The summed E-state index contributed by atoms with van der Waals surface area (Å²) in [7, 11) is 1.37. The summed E-state index contributed by atoms with van der Waals surface area (Å²) >= 11 is 0. The van der Waals surface area contributed by atoms with E-state index < -0.39 is 11.6 Å². The maximum atomic E-state index is 14.4. The lowest BCUT2D eigenvalue weighted by Crippen LogP contribution is -2.25. The first-order chi connectivity index (χ1) is 12.6. The van der Waals surface area contributed by atoms with Gasteiger partial charge in [0.2, 0.25) is 5.82 Å². The van der Waals surface area contributed by atoms with Crippen molar-refractivity contribution in [2.75, 3.05) is 7.11 Å². The zero-order valence-corrected chi connectivity index (χ0v) is 16.0. The van der Waals surface area contributed by atoms with Gasteiger partial charge < -0.3 is 4.74 Å². The van der Waals surface area contributed by atoms with E-state index in [1.54, 1.807) is 12.1 Å². The minimum Gasteiger partial charge on any atom is -0.494 e. The molecule has 0 heterocycles. The Balaban J connectivity index is 1.52. The van der Waals surface area contributed by atoms with Crippen molar-refractivity contribution in [2.24, 2.45) is 17.8 Å². The second-order valence-electron chi connectivity index (χ2n) is 8.24. The van der Waals surface area contributed by atoms with E-state index in [1.807, 2.05) is 6.08 Å². The lowest BCUT2D eigenvalue weighted by molar-refractivity contribution is 0.156. The molecule has 0 saturated heterocycles. The smallest absolute Gasteiger partial charge is 0.200 e. The molecule has 144 valence electrons. The van der Waals surface area contributed by atoms with Crippen molar-refractivity contribution in [1.82, 2.24) is 0 Å². The first-order valence-corrected chi connectivity index (χ1v) is 10.3. The van der Waals surface area contributed by atoms with Crippen molar-refractivity contribution in [1.29, 1.82) is 0 Å². The molecule has 0 N–H and O–H groups in total. The number of halogens is 2. The van der Waals surface area contributed by atoms with E-state index in [0.717, 1.165) is 49.9 Å². The Bertz CT molecular complexity index is 596. The minimum absolute atomic E-state index is 0.00634. The Labute approximate surface area is 156 Å². The van der Waals surface area contributed by atoms with Gasteiger partial charge >= 0.3 is 0 Å². The van der Waals surface area contributed by atoms with Crippen LogP contribution < -0.4 is 4.74 Å². The van der Waals surface area contributed by atoms with E-state index in [0.29, 0.717) is 5.56 Å². The maximum Gasteiger partial charge on any atom is 0.200 e. The summed E-state index contributed by atoms with van der Waals surface area (Å²) in [5.74, 6) is 1.09. The van der Waals surface area contributed by atoms with Crippen LogP contribution in [0.3, 0.4) is 0 Å². The summed E-state index contributed by atoms with van der Waals surface area (Å²) in [6.45, 7) is 3.83. The second-order valence-corrected chi connectivity index (χ2v) is 8.24. The van der Waals surface area contributed by atoms with Gasteiger partial charge in [0, 0.05) is 0 Å². The first kappa shape index (κ1) is 19.4. The molecule has 3 rings (SSSR count). The normalized spacial score (nSPS) is 29.3. The van der Waals surface area contributed by atoms with Crippen molar-refractivity contribution in [3.05, 3.63) is 42.0 Å². The van der Waals surface area contributed by atoms with Gasteiger partial charge in [-0.3, -0.25) is 0 Å². The standard InChI is InChI=1S/C23H32F2O/c1-3-4-5-16-6-8-17(9-7-16)18-10-12-19(13-11-18)20-14-15-21(26-2)23(25)22(20)24/h3,14-19H,1,4-13H2,2H3. The minimum atomic E-state index is -0.843. The molecular formula is C23H32F2O. The van der Waals surface area contributed by atoms with Gasteiger partial charge in [-0.25, -0.2) is 4.39 Å². The average Bonchev–Trinajstić information content (AvgIpc) is 2.69. The number of rotatable bonds is 6. The molecule has 26 heavy (non-hydrogen) atoms. The molecule has 0 unspecified atom stereocenters. The molecule has 0 atom stereocenters. The van der Waals surface area contributed by atoms with Crippen LogP contribution >= 0.6 is 0 Å². The zero-order chi connectivity index (χ0) is 18.5. The van der Waals surface area contributed by atoms with Crippen molar-refractivity contribution >= 4 is 0 Å². The molecule has 1 aromatic rings. The molecule has 2 saturated carbocycles. The highest BCUT2D eigenvalue weighted by atomic mass is 19.2. The van der Waals surface area contributed by atoms with Crippen LogP contribution in [0.5, 0.6) is 5.75 Å². The number of ether oxygens (including phenoxy) is 1. The van der Waals surface area contributed by atoms with Crippen molar-refractivity contribution in [3.63, 3.8) is 0 Å². The van der Waals surface area contributed by atoms with Crippen LogP contribution in [0.15, 0.2) is 24.8 Å². The van der Waals surface area contributed by atoms with E-state index in [4.69, 9.17) is 4.74 Å². The second kappa shape index (κ2) is 9.01. The highest BCUT2D eigenvalue weighted by Gasteiger charge is 2.32. The molecule has 2 fully saturated rings. The van der Waals surface area contributed by atoms with E-state index in [-0.39, 0.29) is 11.7 Å². The Morgan fingerprint density at radius 3 is 2.15 bits per heavy atom. The van der Waals surface area contributed by atoms with Gasteiger partial charge in [-0.15, -0.1) is 6.58 Å². The summed E-state index contributed by atoms with van der Waals surface area (Å²) in [6.07, 6.45) is 14.1. The molecule has 0 aliphatic heterocycles. The van der Waals surface area contributed by atoms with Crippen molar-refractivity contribution in [2.45, 2.75) is 70.1 Å². The highest BCUT2D eigenvalue weighted by molar-refractivity contribution is 5.33. The van der Waals surface area contributed by atoms with Crippen LogP contribution in [-0.4, -0.2) is 7.11 Å². The fraction of sp³-hybridized carbons (Fsp3) is 0.652. The number of hydrogen-bond acceptors (Lipinski definition) is 1. The number of allylic oxidation sites excluding steroid dienone is 1. The van der Waals surface area contributed by atoms with E-state index in [2.05, 4.69) is 6.58 Å². The highest BCUT2D eigenvalue weighted by Crippen LogP contribution is 2.45. The lowest BCUT2D eigenvalue weighted by Gasteiger charge is -2.38. The molecule has 3 heteroatoms. The zero-order valence-electron chi connectivity index (χ0n) is 16.0. The van der Waals surface area contributed by atoms with Gasteiger partial charge in [-0.05, 0) is 86.7 Å². The van der Waals surface area contributed by atoms with Crippen LogP contribution in [0.2, 0.25) is 0 Å². The van der Waals surface area contributed by atoms with Gasteiger partial charge in [0.1, 0.15) is 0 Å². The first-order valence-electron chi connectivity index (χ1n) is 10.3. The SMILES string of the molecule is C=CCCC1CCC(C2CCC(c3ccc(OC)c(F)c3F)CC2)CC1. The molecule has 0 radical (unpaired) electrons. The van der Waals surface area contributed by atoms with E-state index in [1.165, 1.54) is 39.2 Å². The molecule has 0 bridgehead atoms. The Hall–Kier alpha value is -1.38. The van der Waals surface area contributed by atoms with Crippen LogP contribution in [0, 0.1) is 29.4 Å². The van der Waals surface area contributed by atoms with Gasteiger partial charge in [-0.2, -0.15) is 4.39 Å². The van der Waals surface area contributed by atoms with Crippen molar-refractivity contribution in [3.8, 4) is 5.75 Å². The molecule has 1 aromatic carbocycles. The average molecular weight is 363 g/mol. The maximum absolute atomic E-state index is 14.4. The van der Waals surface area contributed by atoms with Gasteiger partial charge in [-0.1, -0.05) is 25.0 Å². The van der Waals surface area contributed by atoms with Gasteiger partial charge in [0.05, 0.1) is 7.11 Å². The predicted octanol–water partition coefficient (Wildman–Crippen LogP) is 7.02. The van der Waals surface area contributed by atoms with E-state index in [9.17, 15) is 8.78 Å². The topological polar surface area (TPSA) is 9.23 Å². The van der Waals surface area contributed by atoms with Gasteiger partial charge in [0.25, 0.3) is 0 Å². The van der Waals surface area contributed by atoms with Gasteiger partial charge in [0.15, 0.2) is 11.6 Å². The third-order valence-electron chi connectivity index (χ3n) is 6.85. The summed E-state index contributed by atoms with van der Waals surface area (Å²) in [5.41, 5.74) is 0.537.